The van der Waals surface area contributed by atoms with Gasteiger partial charge in [0.1, 0.15) is 11.4 Å². The van der Waals surface area contributed by atoms with E-state index in [2.05, 4.69) is 0 Å². The highest BCUT2D eigenvalue weighted by Gasteiger charge is 2.21. The Hall–Kier alpha value is -1.94. The Balaban J connectivity index is 2.18. The number of halogens is 1. The Morgan fingerprint density at radius 1 is 1.26 bits per heavy atom. The van der Waals surface area contributed by atoms with Gasteiger partial charge in [-0.25, -0.2) is 4.39 Å². The normalized spacial score (nSPS) is 11.1. The molecule has 96 valence electrons. The molecule has 0 aliphatic carbocycles. The summed E-state index contributed by atoms with van der Waals surface area (Å²) in [6, 6.07) is 6.22. The number of rotatable bonds is 2. The highest BCUT2D eigenvalue weighted by Crippen LogP contribution is 2.29. The molecule has 2 heterocycles. The Labute approximate surface area is 113 Å². The summed E-state index contributed by atoms with van der Waals surface area (Å²) in [4.78, 5) is 13.1. The third-order valence-corrected chi connectivity index (χ3v) is 4.19. The van der Waals surface area contributed by atoms with Crippen molar-refractivity contribution in [1.82, 2.24) is 0 Å². The third kappa shape index (κ3) is 1.88. The predicted molar refractivity (Wildman–Crippen MR) is 73.4 cm³/mol. The Morgan fingerprint density at radius 2 is 2.05 bits per heavy atom. The van der Waals surface area contributed by atoms with Gasteiger partial charge >= 0.3 is 0 Å². The molecule has 1 aromatic carbocycles. The molecule has 4 heteroatoms. The van der Waals surface area contributed by atoms with Crippen LogP contribution < -0.4 is 0 Å². The fourth-order valence-electron chi connectivity index (χ4n) is 2.12. The van der Waals surface area contributed by atoms with Gasteiger partial charge in [-0.15, -0.1) is 11.3 Å². The second kappa shape index (κ2) is 4.31. The van der Waals surface area contributed by atoms with Crippen molar-refractivity contribution in [2.24, 2.45) is 0 Å². The van der Waals surface area contributed by atoms with Crippen LogP contribution in [0.25, 0.3) is 11.0 Å². The van der Waals surface area contributed by atoms with Gasteiger partial charge in [-0.2, -0.15) is 0 Å². The van der Waals surface area contributed by atoms with Crippen molar-refractivity contribution < 1.29 is 13.6 Å². The number of carbonyl (C=O) groups is 1. The maximum Gasteiger partial charge on any atom is 0.238 e. The summed E-state index contributed by atoms with van der Waals surface area (Å²) in [5.74, 6) is -0.208. The number of ketones is 1. The number of hydrogen-bond donors (Lipinski definition) is 0. The first-order valence-electron chi connectivity index (χ1n) is 5.85. The average Bonchev–Trinajstić information content (AvgIpc) is 2.93. The van der Waals surface area contributed by atoms with Crippen LogP contribution in [-0.4, -0.2) is 5.78 Å². The van der Waals surface area contributed by atoms with E-state index in [9.17, 15) is 9.18 Å². The molecular formula is C15H11FO2S. The van der Waals surface area contributed by atoms with Crippen LogP contribution >= 0.6 is 11.3 Å². The first-order chi connectivity index (χ1) is 9.08. The zero-order valence-electron chi connectivity index (χ0n) is 10.5. The van der Waals surface area contributed by atoms with Gasteiger partial charge in [-0.05, 0) is 43.0 Å². The lowest BCUT2D eigenvalue weighted by atomic mass is 10.1. The summed E-state index contributed by atoms with van der Waals surface area (Å²) >= 11 is 1.39. The van der Waals surface area contributed by atoms with E-state index in [4.69, 9.17) is 4.42 Å². The molecule has 0 amide bonds. The number of hydrogen-bond acceptors (Lipinski definition) is 3. The zero-order valence-corrected chi connectivity index (χ0v) is 11.3. The maximum atomic E-state index is 13.2. The molecule has 0 saturated carbocycles. The summed E-state index contributed by atoms with van der Waals surface area (Å²) in [7, 11) is 0. The van der Waals surface area contributed by atoms with E-state index in [0.29, 0.717) is 16.2 Å². The van der Waals surface area contributed by atoms with Crippen molar-refractivity contribution in [1.29, 1.82) is 0 Å². The lowest BCUT2D eigenvalue weighted by Crippen LogP contribution is -2.00. The molecule has 0 radical (unpaired) electrons. The molecule has 0 unspecified atom stereocenters. The lowest BCUT2D eigenvalue weighted by Gasteiger charge is -1.97. The zero-order chi connectivity index (χ0) is 13.6. The van der Waals surface area contributed by atoms with Crippen LogP contribution in [0.2, 0.25) is 0 Å². The summed E-state index contributed by atoms with van der Waals surface area (Å²) in [6.07, 6.45) is 0. The van der Waals surface area contributed by atoms with Crippen LogP contribution in [0.15, 0.2) is 34.1 Å². The maximum absolute atomic E-state index is 13.2. The molecule has 3 rings (SSSR count). The van der Waals surface area contributed by atoms with Crippen LogP contribution in [-0.2, 0) is 0 Å². The average molecular weight is 274 g/mol. The minimum Gasteiger partial charge on any atom is -0.452 e. The topological polar surface area (TPSA) is 30.2 Å². The number of carbonyl (C=O) groups excluding carboxylic acids is 1. The van der Waals surface area contributed by atoms with E-state index in [1.165, 1.54) is 23.5 Å². The quantitative estimate of drug-likeness (QED) is 0.645. The molecule has 3 aromatic rings. The summed E-state index contributed by atoms with van der Waals surface area (Å²) in [5, 5.41) is 2.65. The smallest absolute Gasteiger partial charge is 0.238 e. The summed E-state index contributed by atoms with van der Waals surface area (Å²) in [5.41, 5.74) is 2.10. The number of thiophene rings is 1. The van der Waals surface area contributed by atoms with E-state index in [1.54, 1.807) is 6.07 Å². The Kier molecular flexibility index (Phi) is 2.75. The molecular weight excluding hydrogens is 263 g/mol. The first kappa shape index (κ1) is 12.1. The molecule has 0 N–H and O–H groups in total. The van der Waals surface area contributed by atoms with Crippen LogP contribution in [0.4, 0.5) is 4.39 Å². The predicted octanol–water partition coefficient (Wildman–Crippen LogP) is 4.48. The highest BCUT2D eigenvalue weighted by molar-refractivity contribution is 7.12. The molecule has 0 fully saturated rings. The Morgan fingerprint density at radius 3 is 2.74 bits per heavy atom. The van der Waals surface area contributed by atoms with Crippen molar-refractivity contribution in [2.45, 2.75) is 13.8 Å². The van der Waals surface area contributed by atoms with Crippen molar-refractivity contribution in [2.75, 3.05) is 0 Å². The third-order valence-electron chi connectivity index (χ3n) is 3.17. The van der Waals surface area contributed by atoms with Gasteiger partial charge in [-0.3, -0.25) is 4.79 Å². The van der Waals surface area contributed by atoms with Crippen LogP contribution in [0.1, 0.15) is 26.6 Å². The molecule has 0 atom stereocenters. The van der Waals surface area contributed by atoms with Crippen molar-refractivity contribution in [3.05, 3.63) is 57.2 Å². The molecule has 2 aromatic heterocycles. The Bertz CT molecular complexity index is 783. The van der Waals surface area contributed by atoms with Gasteiger partial charge in [-0.1, -0.05) is 0 Å². The van der Waals surface area contributed by atoms with Crippen LogP contribution in [0.5, 0.6) is 0 Å². The second-order valence-electron chi connectivity index (χ2n) is 4.46. The molecule has 0 saturated heterocycles. The second-order valence-corrected chi connectivity index (χ2v) is 5.37. The van der Waals surface area contributed by atoms with Gasteiger partial charge < -0.3 is 4.42 Å². The van der Waals surface area contributed by atoms with Gasteiger partial charge in [0.15, 0.2) is 5.76 Å². The van der Waals surface area contributed by atoms with Gasteiger partial charge in [0.25, 0.3) is 0 Å². The highest BCUT2D eigenvalue weighted by atomic mass is 32.1. The lowest BCUT2D eigenvalue weighted by molar-refractivity contribution is 0.101. The van der Waals surface area contributed by atoms with E-state index in [1.807, 2.05) is 25.3 Å². The number of aryl methyl sites for hydroxylation is 2. The minimum atomic E-state index is -0.368. The van der Waals surface area contributed by atoms with Gasteiger partial charge in [0, 0.05) is 17.0 Å². The number of furan rings is 1. The largest absolute Gasteiger partial charge is 0.452 e. The fraction of sp³-hybridized carbons (Fsp3) is 0.133. The summed E-state index contributed by atoms with van der Waals surface area (Å²) < 4.78 is 18.7. The molecule has 0 spiro atoms. The van der Waals surface area contributed by atoms with E-state index in [-0.39, 0.29) is 11.6 Å². The van der Waals surface area contributed by atoms with Crippen molar-refractivity contribution >= 4 is 28.1 Å². The van der Waals surface area contributed by atoms with Crippen molar-refractivity contribution in [3.8, 4) is 0 Å². The SMILES string of the molecule is Cc1ccsc1C(=O)c1oc2cc(F)ccc2c1C. The van der Waals surface area contributed by atoms with E-state index < -0.39 is 0 Å². The van der Waals surface area contributed by atoms with E-state index >= 15 is 0 Å². The monoisotopic (exact) mass is 274 g/mol. The van der Waals surface area contributed by atoms with Crippen LogP contribution in [0.3, 0.4) is 0 Å². The van der Waals surface area contributed by atoms with Crippen LogP contribution in [0, 0.1) is 19.7 Å². The first-order valence-corrected chi connectivity index (χ1v) is 6.73. The number of fused-ring (bicyclic) bond motifs is 1. The number of benzene rings is 1. The minimum absolute atomic E-state index is 0.137. The van der Waals surface area contributed by atoms with Gasteiger partial charge in [0.2, 0.25) is 5.78 Å². The van der Waals surface area contributed by atoms with Crippen molar-refractivity contribution in [3.63, 3.8) is 0 Å². The van der Waals surface area contributed by atoms with E-state index in [0.717, 1.165) is 16.5 Å². The molecule has 2 nitrogen and oxygen atoms in total. The molecule has 0 bridgehead atoms. The molecule has 0 aliphatic rings. The summed E-state index contributed by atoms with van der Waals surface area (Å²) in [6.45, 7) is 3.71. The fourth-order valence-corrected chi connectivity index (χ4v) is 2.99. The van der Waals surface area contributed by atoms with Gasteiger partial charge in [0.05, 0.1) is 4.88 Å². The molecule has 0 aliphatic heterocycles. The molecule has 19 heavy (non-hydrogen) atoms. The standard InChI is InChI=1S/C15H11FO2S/c1-8-5-6-19-15(8)13(17)14-9(2)11-4-3-10(16)7-12(11)18-14/h3-7H,1-2H3.